The highest BCUT2D eigenvalue weighted by atomic mass is 16.4. The molecule has 1 saturated heterocycles. The lowest BCUT2D eigenvalue weighted by Crippen LogP contribution is -2.39. The highest BCUT2D eigenvalue weighted by Crippen LogP contribution is 2.15. The summed E-state index contributed by atoms with van der Waals surface area (Å²) in [7, 11) is 2.11. The second kappa shape index (κ2) is 4.75. The number of hydrogen-bond acceptors (Lipinski definition) is 3. The topological polar surface area (TPSA) is 43.8 Å². The summed E-state index contributed by atoms with van der Waals surface area (Å²) in [4.78, 5) is 14.8. The van der Waals surface area contributed by atoms with Gasteiger partial charge in [-0.15, -0.1) is 0 Å². The van der Waals surface area contributed by atoms with Crippen molar-refractivity contribution in [3.8, 4) is 0 Å². The molecule has 4 heteroatoms. The van der Waals surface area contributed by atoms with Gasteiger partial charge in [0.15, 0.2) is 0 Å². The molecule has 0 unspecified atom stereocenters. The monoisotopic (exact) mass is 200 g/mol. The lowest BCUT2D eigenvalue weighted by Gasteiger charge is -2.28. The molecule has 0 aliphatic carbocycles. The first kappa shape index (κ1) is 11.5. The highest BCUT2D eigenvalue weighted by Gasteiger charge is 2.27. The zero-order chi connectivity index (χ0) is 10.7. The lowest BCUT2D eigenvalue weighted by atomic mass is 10.2. The largest absolute Gasteiger partial charge is 0.480 e. The van der Waals surface area contributed by atoms with Gasteiger partial charge in [0.25, 0.3) is 0 Å². The Morgan fingerprint density at radius 3 is 2.79 bits per heavy atom. The first-order valence-electron chi connectivity index (χ1n) is 5.16. The molecule has 1 heterocycles. The quantitative estimate of drug-likeness (QED) is 0.717. The Balaban J connectivity index is 2.37. The average Bonchev–Trinajstić information content (AvgIpc) is 2.50. The standard InChI is InChI=1S/C10H20N2O2/c1-8(2)11(3)9-4-5-12(6-9)7-10(13)14/h8-9H,4-7H2,1-3H3,(H,13,14)/t9-/m0/s1. The molecule has 1 N–H and O–H groups in total. The average molecular weight is 200 g/mol. The van der Waals surface area contributed by atoms with Crippen LogP contribution in [-0.2, 0) is 4.79 Å². The van der Waals surface area contributed by atoms with Gasteiger partial charge in [0.05, 0.1) is 6.54 Å². The van der Waals surface area contributed by atoms with E-state index in [9.17, 15) is 4.79 Å². The van der Waals surface area contributed by atoms with Crippen molar-refractivity contribution in [1.82, 2.24) is 9.80 Å². The third-order valence-electron chi connectivity index (χ3n) is 3.00. The minimum atomic E-state index is -0.724. The summed E-state index contributed by atoms with van der Waals surface area (Å²) >= 11 is 0. The number of carboxylic acids is 1. The second-order valence-corrected chi connectivity index (χ2v) is 4.33. The molecule has 1 aliphatic heterocycles. The Labute approximate surface area is 85.5 Å². The summed E-state index contributed by atoms with van der Waals surface area (Å²) in [6.45, 7) is 6.32. The number of rotatable bonds is 4. The summed E-state index contributed by atoms with van der Waals surface area (Å²) in [5.41, 5.74) is 0. The maximum absolute atomic E-state index is 10.5. The van der Waals surface area contributed by atoms with Crippen molar-refractivity contribution in [3.05, 3.63) is 0 Å². The van der Waals surface area contributed by atoms with Gasteiger partial charge < -0.3 is 5.11 Å². The van der Waals surface area contributed by atoms with E-state index >= 15 is 0 Å². The van der Waals surface area contributed by atoms with Crippen LogP contribution in [0.1, 0.15) is 20.3 Å². The first-order valence-corrected chi connectivity index (χ1v) is 5.16. The Morgan fingerprint density at radius 2 is 2.29 bits per heavy atom. The molecular formula is C10H20N2O2. The molecule has 0 spiro atoms. The molecule has 0 radical (unpaired) electrons. The van der Waals surface area contributed by atoms with Gasteiger partial charge in [-0.1, -0.05) is 0 Å². The fourth-order valence-corrected chi connectivity index (χ4v) is 1.90. The fourth-order valence-electron chi connectivity index (χ4n) is 1.90. The minimum Gasteiger partial charge on any atom is -0.480 e. The van der Waals surface area contributed by atoms with E-state index in [-0.39, 0.29) is 6.54 Å². The molecule has 0 aromatic carbocycles. The van der Waals surface area contributed by atoms with Crippen LogP contribution in [-0.4, -0.2) is 59.6 Å². The summed E-state index contributed by atoms with van der Waals surface area (Å²) in [6.07, 6.45) is 1.09. The van der Waals surface area contributed by atoms with Gasteiger partial charge in [-0.3, -0.25) is 14.6 Å². The van der Waals surface area contributed by atoms with Crippen molar-refractivity contribution in [2.45, 2.75) is 32.4 Å². The molecular weight excluding hydrogens is 180 g/mol. The van der Waals surface area contributed by atoms with E-state index in [1.54, 1.807) is 0 Å². The van der Waals surface area contributed by atoms with Gasteiger partial charge >= 0.3 is 5.97 Å². The fraction of sp³-hybridized carbons (Fsp3) is 0.900. The van der Waals surface area contributed by atoms with Crippen LogP contribution >= 0.6 is 0 Å². The van der Waals surface area contributed by atoms with Gasteiger partial charge in [-0.25, -0.2) is 0 Å². The predicted octanol–water partition coefficient (Wildman–Crippen LogP) is 0.485. The summed E-state index contributed by atoms with van der Waals surface area (Å²) in [5.74, 6) is -0.724. The number of hydrogen-bond donors (Lipinski definition) is 1. The summed E-state index contributed by atoms with van der Waals surface area (Å²) in [5, 5.41) is 8.65. The molecule has 14 heavy (non-hydrogen) atoms. The highest BCUT2D eigenvalue weighted by molar-refractivity contribution is 5.69. The van der Waals surface area contributed by atoms with Crippen LogP contribution in [0.3, 0.4) is 0 Å². The molecule has 1 aliphatic rings. The van der Waals surface area contributed by atoms with E-state index in [1.165, 1.54) is 0 Å². The van der Waals surface area contributed by atoms with Gasteiger partial charge in [0.2, 0.25) is 0 Å². The van der Waals surface area contributed by atoms with Gasteiger partial charge in [-0.2, -0.15) is 0 Å². The maximum atomic E-state index is 10.5. The molecule has 0 aromatic heterocycles. The van der Waals surface area contributed by atoms with E-state index in [4.69, 9.17) is 5.11 Å². The van der Waals surface area contributed by atoms with Gasteiger partial charge in [0.1, 0.15) is 0 Å². The third-order valence-corrected chi connectivity index (χ3v) is 3.00. The smallest absolute Gasteiger partial charge is 0.317 e. The maximum Gasteiger partial charge on any atom is 0.317 e. The van der Waals surface area contributed by atoms with Crippen molar-refractivity contribution in [2.75, 3.05) is 26.7 Å². The van der Waals surface area contributed by atoms with Gasteiger partial charge in [-0.05, 0) is 27.3 Å². The minimum absolute atomic E-state index is 0.183. The number of likely N-dealkylation sites (tertiary alicyclic amines) is 1. The summed E-state index contributed by atoms with van der Waals surface area (Å²) in [6, 6.07) is 1.05. The van der Waals surface area contributed by atoms with Crippen LogP contribution in [0.15, 0.2) is 0 Å². The molecule has 1 fully saturated rings. The summed E-state index contributed by atoms with van der Waals surface area (Å²) < 4.78 is 0. The molecule has 82 valence electrons. The molecule has 0 aromatic rings. The van der Waals surface area contributed by atoms with E-state index in [1.807, 2.05) is 4.90 Å². The Hall–Kier alpha value is -0.610. The number of likely N-dealkylation sites (N-methyl/N-ethyl adjacent to an activating group) is 1. The van der Waals surface area contributed by atoms with Crippen molar-refractivity contribution >= 4 is 5.97 Å². The van der Waals surface area contributed by atoms with E-state index < -0.39 is 5.97 Å². The lowest BCUT2D eigenvalue weighted by molar-refractivity contribution is -0.138. The van der Waals surface area contributed by atoms with E-state index in [0.29, 0.717) is 12.1 Å². The van der Waals surface area contributed by atoms with E-state index in [2.05, 4.69) is 25.8 Å². The SMILES string of the molecule is CC(C)N(C)[C@H]1CCN(CC(=O)O)C1. The number of nitrogens with zero attached hydrogens (tertiary/aromatic N) is 2. The molecule has 4 nitrogen and oxygen atoms in total. The number of carbonyl (C=O) groups is 1. The predicted molar refractivity (Wildman–Crippen MR) is 55.4 cm³/mol. The molecule has 0 saturated carbocycles. The Bertz CT molecular complexity index is 206. The second-order valence-electron chi connectivity index (χ2n) is 4.33. The zero-order valence-corrected chi connectivity index (χ0v) is 9.23. The Kier molecular flexibility index (Phi) is 3.89. The third kappa shape index (κ3) is 2.96. The normalized spacial score (nSPS) is 23.6. The molecule has 1 atom stereocenters. The molecule has 1 rings (SSSR count). The van der Waals surface area contributed by atoms with Gasteiger partial charge in [0, 0.05) is 25.2 Å². The van der Waals surface area contributed by atoms with Crippen LogP contribution in [0.25, 0.3) is 0 Å². The number of aliphatic carboxylic acids is 1. The van der Waals surface area contributed by atoms with Crippen LogP contribution in [0, 0.1) is 0 Å². The van der Waals surface area contributed by atoms with Crippen molar-refractivity contribution in [1.29, 1.82) is 0 Å². The Morgan fingerprint density at radius 1 is 1.64 bits per heavy atom. The van der Waals surface area contributed by atoms with Crippen molar-refractivity contribution in [3.63, 3.8) is 0 Å². The van der Waals surface area contributed by atoms with Crippen LogP contribution in [0.2, 0.25) is 0 Å². The van der Waals surface area contributed by atoms with Crippen molar-refractivity contribution < 1.29 is 9.90 Å². The molecule has 0 bridgehead atoms. The zero-order valence-electron chi connectivity index (χ0n) is 9.23. The number of carboxylic acid groups (broad SMARTS) is 1. The van der Waals surface area contributed by atoms with Crippen LogP contribution in [0.4, 0.5) is 0 Å². The first-order chi connectivity index (χ1) is 6.50. The van der Waals surface area contributed by atoms with Crippen LogP contribution in [0.5, 0.6) is 0 Å². The van der Waals surface area contributed by atoms with Crippen LogP contribution < -0.4 is 0 Å². The molecule has 0 amide bonds. The van der Waals surface area contributed by atoms with Crippen molar-refractivity contribution in [2.24, 2.45) is 0 Å². The van der Waals surface area contributed by atoms with E-state index in [0.717, 1.165) is 19.5 Å².